The van der Waals surface area contributed by atoms with Crippen molar-refractivity contribution in [1.82, 2.24) is 37.2 Å². The highest BCUT2D eigenvalue weighted by molar-refractivity contribution is 7.80. The first-order valence-corrected chi connectivity index (χ1v) is 23.0. The second-order valence-electron chi connectivity index (χ2n) is 16.9. The van der Waals surface area contributed by atoms with E-state index in [0.717, 1.165) is 12.5 Å². The highest BCUT2D eigenvalue weighted by Gasteiger charge is 2.36. The van der Waals surface area contributed by atoms with Crippen LogP contribution in [0.3, 0.4) is 0 Å². The van der Waals surface area contributed by atoms with Gasteiger partial charge in [0.15, 0.2) is 0 Å². The van der Waals surface area contributed by atoms with E-state index in [1.807, 2.05) is 0 Å². The number of aromatic hydroxyl groups is 1. The van der Waals surface area contributed by atoms with Gasteiger partial charge in [0.25, 0.3) is 0 Å². The molecular formula is C45H68N10O13S. The molecule has 24 heteroatoms. The van der Waals surface area contributed by atoms with Gasteiger partial charge in [-0.2, -0.15) is 12.6 Å². The number of rotatable bonds is 31. The number of hydrogen-bond donors (Lipinski definition) is 15. The number of carbonyl (C=O) groups excluding carboxylic acids is 8. The Morgan fingerprint density at radius 1 is 0.609 bits per heavy atom. The molecule has 17 N–H and O–H groups in total. The van der Waals surface area contributed by atoms with Gasteiger partial charge in [0.1, 0.15) is 48.0 Å². The maximum Gasteiger partial charge on any atom is 0.327 e. The van der Waals surface area contributed by atoms with Crippen LogP contribution in [0.2, 0.25) is 0 Å². The van der Waals surface area contributed by atoms with Gasteiger partial charge in [-0.1, -0.05) is 56.3 Å². The number of nitrogens with two attached hydrogens (primary N) is 3. The highest BCUT2D eigenvalue weighted by atomic mass is 32.1. The molecule has 2 rings (SSSR count). The number of carboxylic acids is 1. The fourth-order valence-electron chi connectivity index (χ4n) is 6.73. The van der Waals surface area contributed by atoms with E-state index in [1.54, 1.807) is 44.2 Å². The number of nitrogens with one attached hydrogen (secondary N) is 7. The average molecular weight is 989 g/mol. The Morgan fingerprint density at radius 3 is 1.64 bits per heavy atom. The van der Waals surface area contributed by atoms with Gasteiger partial charge >= 0.3 is 5.97 Å². The van der Waals surface area contributed by atoms with E-state index in [9.17, 15) is 63.6 Å². The summed E-state index contributed by atoms with van der Waals surface area (Å²) >= 11 is 3.98. The first-order chi connectivity index (χ1) is 32.6. The summed E-state index contributed by atoms with van der Waals surface area (Å²) in [5, 5.41) is 57.1. The van der Waals surface area contributed by atoms with Crippen LogP contribution in [0.4, 0.5) is 0 Å². The minimum absolute atomic E-state index is 0.0185. The van der Waals surface area contributed by atoms with Crippen LogP contribution in [0.1, 0.15) is 70.4 Å². The predicted octanol–water partition coefficient (Wildman–Crippen LogP) is -3.27. The van der Waals surface area contributed by atoms with Crippen molar-refractivity contribution >= 4 is 65.9 Å². The van der Waals surface area contributed by atoms with E-state index >= 15 is 0 Å². The van der Waals surface area contributed by atoms with Crippen molar-refractivity contribution < 1.29 is 63.6 Å². The van der Waals surface area contributed by atoms with Gasteiger partial charge in [0, 0.05) is 18.6 Å². The Balaban J connectivity index is 2.34. The lowest BCUT2D eigenvalue weighted by Gasteiger charge is -2.29. The van der Waals surface area contributed by atoms with Crippen LogP contribution >= 0.6 is 12.6 Å². The third kappa shape index (κ3) is 21.2. The molecule has 23 nitrogen and oxygen atoms in total. The molecule has 69 heavy (non-hydrogen) atoms. The van der Waals surface area contributed by atoms with E-state index in [1.165, 1.54) is 24.3 Å². The molecule has 0 spiro atoms. The molecule has 9 atom stereocenters. The van der Waals surface area contributed by atoms with Gasteiger partial charge in [-0.25, -0.2) is 4.79 Å². The molecule has 382 valence electrons. The third-order valence-corrected chi connectivity index (χ3v) is 10.9. The molecule has 0 radical (unpaired) electrons. The van der Waals surface area contributed by atoms with Crippen LogP contribution in [-0.4, -0.2) is 147 Å². The number of aliphatic carboxylic acids is 1. The number of benzene rings is 2. The van der Waals surface area contributed by atoms with Gasteiger partial charge in [0.2, 0.25) is 47.3 Å². The standard InChI is InChI=1S/C45H68N10O13S/c1-24(2)19-32(51-43(65)34(22-56)53-38(60)29(47)20-26-9-5-4-6-10-26)42(64)55-37(25(3)57)44(66)50-31(16-17-36(48)59)40(62)49-30(11-7-8-18-46)39(61)52-33(21-27-12-14-28(58)15-13-27)41(63)54-35(23-69)45(67)68/h4-6,9-10,12-15,24-25,29-35,37,56-58,69H,7-8,11,16-23,46-47H2,1-3H3,(H2,48,59)(H,49,62)(H,50,66)(H,51,65)(H,52,61)(H,53,60)(H,54,63)(H,55,64)(H,67,68)/t25-,29+,30+,31+,32+,33+,34+,35+,37+/m1/s1. The Kier molecular flexibility index (Phi) is 25.7. The van der Waals surface area contributed by atoms with Crippen LogP contribution in [0, 0.1) is 5.92 Å². The summed E-state index contributed by atoms with van der Waals surface area (Å²) in [4.78, 5) is 119. The van der Waals surface area contributed by atoms with Crippen molar-refractivity contribution in [3.63, 3.8) is 0 Å². The maximum atomic E-state index is 14.0. The first kappa shape index (κ1) is 58.8. The van der Waals surface area contributed by atoms with E-state index in [4.69, 9.17) is 17.2 Å². The topological polar surface area (TPSA) is 397 Å². The molecule has 0 fully saturated rings. The summed E-state index contributed by atoms with van der Waals surface area (Å²) in [7, 11) is 0. The molecular weight excluding hydrogens is 921 g/mol. The molecule has 0 aliphatic rings. The zero-order valence-electron chi connectivity index (χ0n) is 38.9. The highest BCUT2D eigenvalue weighted by Crippen LogP contribution is 2.14. The van der Waals surface area contributed by atoms with Crippen LogP contribution in [0.15, 0.2) is 54.6 Å². The van der Waals surface area contributed by atoms with E-state index in [-0.39, 0.29) is 56.1 Å². The monoisotopic (exact) mass is 988 g/mol. The molecule has 0 saturated heterocycles. The van der Waals surface area contributed by atoms with Gasteiger partial charge in [-0.15, -0.1) is 0 Å². The fraction of sp³-hybridized carbons (Fsp3) is 0.533. The minimum atomic E-state index is -1.79. The summed E-state index contributed by atoms with van der Waals surface area (Å²) in [6, 6.07) is 2.80. The summed E-state index contributed by atoms with van der Waals surface area (Å²) in [5.41, 5.74) is 18.3. The number of hydrogen-bond acceptors (Lipinski definition) is 15. The molecule has 0 unspecified atom stereocenters. The van der Waals surface area contributed by atoms with E-state index in [2.05, 4.69) is 49.8 Å². The molecule has 0 heterocycles. The number of amides is 8. The number of unbranched alkanes of at least 4 members (excludes halogenated alkanes) is 1. The SMILES string of the molecule is CC(C)C[C@H](NC(=O)[C@H](CO)NC(=O)[C@@H](N)Cc1ccccc1)C(=O)N[C@H](C(=O)N[C@@H](CCC(N)=O)C(=O)N[C@@H](CCCCN)C(=O)N[C@@H](Cc1ccc(O)cc1)C(=O)N[C@@H](CS)C(=O)O)[C@@H](C)O. The molecule has 8 amide bonds. The Bertz CT molecular complexity index is 2030. The fourth-order valence-corrected chi connectivity index (χ4v) is 6.97. The summed E-state index contributed by atoms with van der Waals surface area (Å²) in [5.74, 6) is -9.50. The third-order valence-electron chi connectivity index (χ3n) is 10.6. The van der Waals surface area contributed by atoms with Crippen molar-refractivity contribution in [3.8, 4) is 5.75 Å². The number of aliphatic hydroxyl groups is 2. The maximum absolute atomic E-state index is 14.0. The summed E-state index contributed by atoms with van der Waals surface area (Å²) in [6.45, 7) is 3.96. The lowest BCUT2D eigenvalue weighted by Crippen LogP contribution is -2.62. The molecule has 2 aromatic carbocycles. The second-order valence-corrected chi connectivity index (χ2v) is 17.2. The zero-order chi connectivity index (χ0) is 51.8. The van der Waals surface area contributed by atoms with Crippen LogP contribution in [0.25, 0.3) is 0 Å². The van der Waals surface area contributed by atoms with Crippen molar-refractivity contribution in [1.29, 1.82) is 0 Å². The number of phenolic OH excluding ortho intramolecular Hbond substituents is 1. The Labute approximate surface area is 405 Å². The summed E-state index contributed by atoms with van der Waals surface area (Å²) < 4.78 is 0. The Hall–Kier alpha value is -6.34. The first-order valence-electron chi connectivity index (χ1n) is 22.4. The van der Waals surface area contributed by atoms with Crippen LogP contribution in [-0.2, 0) is 56.0 Å². The van der Waals surface area contributed by atoms with Gasteiger partial charge in [-0.05, 0) is 81.2 Å². The quantitative estimate of drug-likeness (QED) is 0.0260. The van der Waals surface area contributed by atoms with E-state index in [0.29, 0.717) is 12.0 Å². The minimum Gasteiger partial charge on any atom is -0.508 e. The van der Waals surface area contributed by atoms with Gasteiger partial charge < -0.3 is 74.8 Å². The Morgan fingerprint density at radius 2 is 1.10 bits per heavy atom. The lowest BCUT2D eigenvalue weighted by molar-refractivity contribution is -0.141. The lowest BCUT2D eigenvalue weighted by atomic mass is 10.0. The zero-order valence-corrected chi connectivity index (χ0v) is 39.8. The van der Waals surface area contributed by atoms with E-state index < -0.39 is 127 Å². The molecule has 0 aromatic heterocycles. The smallest absolute Gasteiger partial charge is 0.327 e. The molecule has 2 aromatic rings. The van der Waals surface area contributed by atoms with Crippen molar-refractivity contribution in [2.24, 2.45) is 23.1 Å². The van der Waals surface area contributed by atoms with Crippen molar-refractivity contribution in [2.75, 3.05) is 18.9 Å². The van der Waals surface area contributed by atoms with Gasteiger partial charge in [-0.3, -0.25) is 38.4 Å². The van der Waals surface area contributed by atoms with Crippen molar-refractivity contribution in [3.05, 3.63) is 65.7 Å². The van der Waals surface area contributed by atoms with Crippen LogP contribution in [0.5, 0.6) is 5.75 Å². The van der Waals surface area contributed by atoms with Crippen LogP contribution < -0.4 is 54.4 Å². The largest absolute Gasteiger partial charge is 0.508 e. The number of carbonyl (C=O) groups is 9. The molecule has 0 aliphatic heterocycles. The predicted molar refractivity (Wildman–Crippen MR) is 254 cm³/mol. The van der Waals surface area contributed by atoms with Gasteiger partial charge in [0.05, 0.1) is 18.8 Å². The normalized spacial score (nSPS) is 15.0. The molecule has 0 aliphatic carbocycles. The molecule has 0 saturated carbocycles. The average Bonchev–Trinajstić information content (AvgIpc) is 3.29. The number of carboxylic acid groups (broad SMARTS) is 1. The number of aliphatic hydroxyl groups excluding tert-OH is 2. The molecule has 0 bridgehead atoms. The number of thiol groups is 1. The number of primary amides is 1. The number of phenols is 1. The second kappa shape index (κ2) is 30.2. The summed E-state index contributed by atoms with van der Waals surface area (Å²) in [6.07, 6.45) is -1.97. The van der Waals surface area contributed by atoms with Crippen molar-refractivity contribution in [2.45, 2.75) is 127 Å².